The summed E-state index contributed by atoms with van der Waals surface area (Å²) in [6, 6.07) is 6.08. The molecule has 2 rings (SSSR count). The summed E-state index contributed by atoms with van der Waals surface area (Å²) in [4.78, 5) is 6.20. The van der Waals surface area contributed by atoms with Crippen LogP contribution in [-0.4, -0.2) is 18.4 Å². The van der Waals surface area contributed by atoms with E-state index in [0.29, 0.717) is 12.4 Å². The van der Waals surface area contributed by atoms with Gasteiger partial charge in [-0.3, -0.25) is 0 Å². The summed E-state index contributed by atoms with van der Waals surface area (Å²) in [5, 5.41) is 0. The lowest BCUT2D eigenvalue weighted by Crippen LogP contribution is -2.13. The van der Waals surface area contributed by atoms with E-state index >= 15 is 0 Å². The molecule has 0 spiro atoms. The van der Waals surface area contributed by atoms with Gasteiger partial charge in [-0.1, -0.05) is 17.7 Å². The van der Waals surface area contributed by atoms with Crippen molar-refractivity contribution >= 4 is 10.1 Å². The van der Waals surface area contributed by atoms with Crippen molar-refractivity contribution < 1.29 is 25.8 Å². The monoisotopic (exact) mass is 318 g/mol. The second-order valence-corrected chi connectivity index (χ2v) is 5.64. The van der Waals surface area contributed by atoms with Crippen molar-refractivity contribution in [1.82, 2.24) is 9.97 Å². The molecule has 0 N–H and O–H groups in total. The van der Waals surface area contributed by atoms with Gasteiger partial charge in [0.05, 0.1) is 0 Å². The van der Waals surface area contributed by atoms with Crippen LogP contribution in [0.5, 0.6) is 5.88 Å². The Labute approximate surface area is 118 Å². The number of halogens is 3. The summed E-state index contributed by atoms with van der Waals surface area (Å²) >= 11 is 0. The molecule has 0 bridgehead atoms. The molecule has 1 aromatic carbocycles. The van der Waals surface area contributed by atoms with E-state index in [9.17, 15) is 21.6 Å². The van der Waals surface area contributed by atoms with Gasteiger partial charge in [-0.05, 0) is 19.1 Å². The van der Waals surface area contributed by atoms with E-state index < -0.39 is 27.9 Å². The Kier molecular flexibility index (Phi) is 3.86. The largest absolute Gasteiger partial charge is 0.433 e. The molecule has 112 valence electrons. The van der Waals surface area contributed by atoms with E-state index in [1.807, 2.05) is 0 Å². The Balaban J connectivity index is 2.31. The zero-order chi connectivity index (χ0) is 15.7. The van der Waals surface area contributed by atoms with Crippen molar-refractivity contribution in [3.63, 3.8) is 0 Å². The predicted octanol–water partition coefficient (Wildman–Crippen LogP) is 2.57. The van der Waals surface area contributed by atoms with E-state index in [1.54, 1.807) is 6.92 Å². The first-order valence-corrected chi connectivity index (χ1v) is 7.00. The van der Waals surface area contributed by atoms with Crippen molar-refractivity contribution in [3.05, 3.63) is 47.9 Å². The van der Waals surface area contributed by atoms with Crippen molar-refractivity contribution in [1.29, 1.82) is 0 Å². The maximum absolute atomic E-state index is 12.5. The van der Waals surface area contributed by atoms with E-state index in [2.05, 4.69) is 14.2 Å². The van der Waals surface area contributed by atoms with Crippen LogP contribution >= 0.6 is 0 Å². The third-order valence-corrected chi connectivity index (χ3v) is 3.68. The fourth-order valence-corrected chi connectivity index (χ4v) is 2.29. The van der Waals surface area contributed by atoms with Gasteiger partial charge >= 0.3 is 16.3 Å². The Morgan fingerprint density at radius 3 is 2.29 bits per heavy atom. The number of nitrogens with zero attached hydrogens (tertiary/aromatic N) is 2. The summed E-state index contributed by atoms with van der Waals surface area (Å²) < 4.78 is 65.8. The molecule has 0 saturated carbocycles. The van der Waals surface area contributed by atoms with Crippen LogP contribution in [0.15, 0.2) is 41.6 Å². The van der Waals surface area contributed by atoms with Crippen LogP contribution < -0.4 is 4.18 Å². The molecule has 2 aromatic rings. The smallest absolute Gasteiger partial charge is 0.358 e. The Bertz CT molecular complexity index is 743. The van der Waals surface area contributed by atoms with Gasteiger partial charge in [0.2, 0.25) is 5.88 Å². The molecule has 9 heteroatoms. The highest BCUT2D eigenvalue weighted by atomic mass is 32.2. The number of rotatable bonds is 3. The minimum Gasteiger partial charge on any atom is -0.358 e. The summed E-state index contributed by atoms with van der Waals surface area (Å²) in [5.41, 5.74) is -0.457. The average molecular weight is 318 g/mol. The minimum atomic E-state index is -4.71. The molecule has 0 unspecified atom stereocenters. The molecule has 1 heterocycles. The number of alkyl halides is 3. The molecule has 0 amide bonds. The van der Waals surface area contributed by atoms with Gasteiger partial charge in [0.1, 0.15) is 11.2 Å². The molecule has 0 radical (unpaired) electrons. The predicted molar refractivity (Wildman–Crippen MR) is 66.0 cm³/mol. The van der Waals surface area contributed by atoms with Crippen LogP contribution in [-0.2, 0) is 16.3 Å². The second-order valence-electron chi connectivity index (χ2n) is 4.09. The maximum Gasteiger partial charge on any atom is 0.433 e. The lowest BCUT2D eigenvalue weighted by Gasteiger charge is -2.08. The zero-order valence-corrected chi connectivity index (χ0v) is 11.4. The third-order valence-electron chi connectivity index (χ3n) is 2.44. The molecule has 0 aliphatic heterocycles. The van der Waals surface area contributed by atoms with Crippen molar-refractivity contribution in [3.8, 4) is 5.88 Å². The quantitative estimate of drug-likeness (QED) is 0.814. The fourth-order valence-electron chi connectivity index (χ4n) is 1.41. The second kappa shape index (κ2) is 5.32. The highest BCUT2D eigenvalue weighted by Gasteiger charge is 2.33. The normalized spacial score (nSPS) is 12.2. The SMILES string of the molecule is Cc1ccc(S(=O)(=O)Oc2cc(C(F)(F)F)ncn2)cc1. The highest BCUT2D eigenvalue weighted by Crippen LogP contribution is 2.29. The molecule has 1 aromatic heterocycles. The van der Waals surface area contributed by atoms with Crippen molar-refractivity contribution in [2.45, 2.75) is 18.0 Å². The van der Waals surface area contributed by atoms with Crippen LogP contribution in [0.1, 0.15) is 11.3 Å². The van der Waals surface area contributed by atoms with Gasteiger partial charge in [-0.25, -0.2) is 9.97 Å². The molecule has 5 nitrogen and oxygen atoms in total. The summed E-state index contributed by atoms with van der Waals surface area (Å²) in [5.74, 6) is -0.696. The van der Waals surface area contributed by atoms with Gasteiger partial charge in [0.15, 0.2) is 5.69 Å². The minimum absolute atomic E-state index is 0.180. The van der Waals surface area contributed by atoms with Crippen LogP contribution in [0.4, 0.5) is 13.2 Å². The zero-order valence-electron chi connectivity index (χ0n) is 10.6. The Hall–Kier alpha value is -2.16. The molecule has 0 aliphatic rings. The molecule has 21 heavy (non-hydrogen) atoms. The van der Waals surface area contributed by atoms with Crippen LogP contribution in [0.2, 0.25) is 0 Å². The van der Waals surface area contributed by atoms with Gasteiger partial charge in [-0.2, -0.15) is 21.6 Å². The van der Waals surface area contributed by atoms with E-state index in [1.165, 1.54) is 24.3 Å². The standard InChI is InChI=1S/C12H9F3N2O3S/c1-8-2-4-9(5-3-8)21(18,19)20-11-6-10(12(13,14)15)16-7-17-11/h2-7H,1H3. The molecule has 0 fully saturated rings. The lowest BCUT2D eigenvalue weighted by atomic mass is 10.2. The van der Waals surface area contributed by atoms with E-state index in [-0.39, 0.29) is 4.90 Å². The first kappa shape index (κ1) is 15.2. The number of aryl methyl sites for hydroxylation is 1. The lowest BCUT2D eigenvalue weighted by molar-refractivity contribution is -0.141. The summed E-state index contributed by atoms with van der Waals surface area (Å²) in [6.45, 7) is 1.76. The van der Waals surface area contributed by atoms with Gasteiger partial charge in [-0.15, -0.1) is 0 Å². The van der Waals surface area contributed by atoms with Crippen LogP contribution in [0.3, 0.4) is 0 Å². The number of aromatic nitrogens is 2. The van der Waals surface area contributed by atoms with E-state index in [4.69, 9.17) is 0 Å². The van der Waals surface area contributed by atoms with E-state index in [0.717, 1.165) is 5.56 Å². The Morgan fingerprint density at radius 2 is 1.71 bits per heavy atom. The maximum atomic E-state index is 12.5. The van der Waals surface area contributed by atoms with Crippen molar-refractivity contribution in [2.75, 3.05) is 0 Å². The fraction of sp³-hybridized carbons (Fsp3) is 0.167. The van der Waals surface area contributed by atoms with Crippen LogP contribution in [0.25, 0.3) is 0 Å². The number of hydrogen-bond donors (Lipinski definition) is 0. The highest BCUT2D eigenvalue weighted by molar-refractivity contribution is 7.87. The van der Waals surface area contributed by atoms with Crippen molar-refractivity contribution in [2.24, 2.45) is 0 Å². The van der Waals surface area contributed by atoms with Gasteiger partial charge in [0, 0.05) is 6.07 Å². The Morgan fingerprint density at radius 1 is 1.10 bits per heavy atom. The van der Waals surface area contributed by atoms with Crippen LogP contribution in [0, 0.1) is 6.92 Å². The summed E-state index contributed by atoms with van der Waals surface area (Å²) in [6.07, 6.45) is -4.13. The molecule has 0 aliphatic carbocycles. The number of benzene rings is 1. The molecule has 0 atom stereocenters. The van der Waals surface area contributed by atoms with Gasteiger partial charge in [0.25, 0.3) is 0 Å². The first-order valence-electron chi connectivity index (χ1n) is 5.59. The third kappa shape index (κ3) is 3.69. The first-order chi connectivity index (χ1) is 9.68. The van der Waals surface area contributed by atoms with Gasteiger partial charge < -0.3 is 4.18 Å². The molecule has 0 saturated heterocycles. The average Bonchev–Trinajstić information content (AvgIpc) is 2.38. The summed E-state index contributed by atoms with van der Waals surface area (Å²) in [7, 11) is -4.25. The topological polar surface area (TPSA) is 69.2 Å². The molecular formula is C12H9F3N2O3S. The molecular weight excluding hydrogens is 309 g/mol. The number of hydrogen-bond acceptors (Lipinski definition) is 5.